The van der Waals surface area contributed by atoms with Crippen LogP contribution in [0.4, 0.5) is 0 Å². The van der Waals surface area contributed by atoms with Crippen LogP contribution in [0.1, 0.15) is 0 Å². The van der Waals surface area contributed by atoms with Gasteiger partial charge < -0.3 is 4.74 Å². The summed E-state index contributed by atoms with van der Waals surface area (Å²) >= 11 is -1.65. The molecule has 0 saturated heterocycles. The molecular formula is C23H24Cl2OSiZr-2. The maximum absolute atomic E-state index is 5.62. The molecule has 0 bridgehead atoms. The predicted octanol–water partition coefficient (Wildman–Crippen LogP) is 7.80. The van der Waals surface area contributed by atoms with E-state index in [4.69, 9.17) is 21.8 Å². The average Bonchev–Trinajstić information content (AvgIpc) is 3.43. The largest absolute Gasteiger partial charge is 0.214 e. The van der Waals surface area contributed by atoms with Crippen molar-refractivity contribution in [3.8, 4) is 16.9 Å². The van der Waals surface area contributed by atoms with Crippen molar-refractivity contribution >= 4 is 33.2 Å². The van der Waals surface area contributed by atoms with Crippen molar-refractivity contribution in [1.82, 2.24) is 0 Å². The minimum atomic E-state index is -1.65. The van der Waals surface area contributed by atoms with E-state index in [0.29, 0.717) is 0 Å². The molecule has 0 heterocycles. The van der Waals surface area contributed by atoms with Crippen molar-refractivity contribution in [2.75, 3.05) is 7.11 Å². The van der Waals surface area contributed by atoms with Crippen molar-refractivity contribution in [3.05, 3.63) is 91.0 Å². The summed E-state index contributed by atoms with van der Waals surface area (Å²) in [5, 5.41) is 2.59. The number of rotatable bonds is 2. The molecule has 0 amide bonds. The van der Waals surface area contributed by atoms with E-state index < -0.39 is 18.0 Å². The van der Waals surface area contributed by atoms with E-state index in [9.17, 15) is 0 Å². The summed E-state index contributed by atoms with van der Waals surface area (Å²) < 4.78 is 5.18. The maximum atomic E-state index is 5.62. The third-order valence-corrected chi connectivity index (χ3v) is 23.8. The topological polar surface area (TPSA) is 9.23 Å². The molecule has 0 spiro atoms. The molecule has 0 fully saturated rings. The molecule has 0 aliphatic carbocycles. The van der Waals surface area contributed by atoms with Gasteiger partial charge in [0.15, 0.2) is 0 Å². The number of benzene rings is 2. The summed E-state index contributed by atoms with van der Waals surface area (Å²) in [5.74, 6) is 0.892. The second kappa shape index (κ2) is 12.4. The van der Waals surface area contributed by atoms with Crippen LogP contribution in [0.3, 0.4) is 0 Å². The zero-order valence-electron chi connectivity index (χ0n) is 16.3. The standard InChI is InChI=1S/C16H13O.C5H5.C2H6Si.2ClH.Zr/c1-17-14-10-8-13(9-11-14)16-7-3-5-12-4-2-6-15(12)16;1-2-4-5-3-1;1-3-2;;;/h2-11H,1H3;1-5H;1-2H3;2*1H;/q2*-1;;;;+2/p-2. The van der Waals surface area contributed by atoms with Crippen LogP contribution in [-0.2, 0) is 18.0 Å². The smallest absolute Gasteiger partial charge is 0.172 e. The van der Waals surface area contributed by atoms with E-state index in [0.717, 1.165) is 5.75 Å². The average molecular weight is 507 g/mol. The Morgan fingerprint density at radius 3 is 2.00 bits per heavy atom. The molecule has 0 unspecified atom stereocenters. The first-order chi connectivity index (χ1) is 13.5. The fourth-order valence-electron chi connectivity index (χ4n) is 2.51. The molecule has 1 nitrogen and oxygen atoms in total. The molecule has 0 saturated carbocycles. The Balaban J connectivity index is 0.000000210. The van der Waals surface area contributed by atoms with Gasteiger partial charge in [-0.05, 0) is 17.7 Å². The van der Waals surface area contributed by atoms with Crippen molar-refractivity contribution in [2.45, 2.75) is 13.1 Å². The van der Waals surface area contributed by atoms with Crippen LogP contribution < -0.4 is 4.74 Å². The van der Waals surface area contributed by atoms with E-state index >= 15 is 0 Å². The Labute approximate surface area is 182 Å². The maximum Gasteiger partial charge on any atom is -0.172 e. The van der Waals surface area contributed by atoms with Gasteiger partial charge in [0.1, 0.15) is 5.75 Å². The van der Waals surface area contributed by atoms with Gasteiger partial charge in [-0.3, -0.25) is 0 Å². The zero-order chi connectivity index (χ0) is 20.4. The van der Waals surface area contributed by atoms with Crippen molar-refractivity contribution in [2.24, 2.45) is 0 Å². The molecular weight excluding hydrogens is 482 g/mol. The summed E-state index contributed by atoms with van der Waals surface area (Å²) in [6, 6.07) is 31.0. The first-order valence-electron chi connectivity index (χ1n) is 8.97. The number of ether oxygens (including phenoxy) is 1. The van der Waals surface area contributed by atoms with Crippen LogP contribution in [0.5, 0.6) is 5.75 Å². The zero-order valence-corrected chi connectivity index (χ0v) is 21.3. The number of methoxy groups -OCH3 is 1. The van der Waals surface area contributed by atoms with Gasteiger partial charge in [-0.2, -0.15) is 30.3 Å². The molecule has 0 aliphatic heterocycles. The molecule has 0 N–H and O–H groups in total. The number of hydrogen-bond acceptors (Lipinski definition) is 1. The van der Waals surface area contributed by atoms with Crippen LogP contribution in [0.2, 0.25) is 13.1 Å². The fourth-order valence-corrected chi connectivity index (χ4v) is 2.51. The van der Waals surface area contributed by atoms with Crippen LogP contribution in [0.25, 0.3) is 21.9 Å². The normalized spacial score (nSPS) is 9.61. The minimum absolute atomic E-state index is 0.224. The summed E-state index contributed by atoms with van der Waals surface area (Å²) in [4.78, 5) is 0. The van der Waals surface area contributed by atoms with Crippen LogP contribution in [0, 0.1) is 0 Å². The van der Waals surface area contributed by atoms with Crippen molar-refractivity contribution < 1.29 is 22.7 Å². The van der Waals surface area contributed by atoms with Gasteiger partial charge in [0.05, 0.1) is 7.11 Å². The summed E-state index contributed by atoms with van der Waals surface area (Å²) in [6.45, 7) is 4.33. The molecule has 0 aliphatic rings. The Hall–Kier alpha value is -1.12. The second-order valence-electron chi connectivity index (χ2n) is 6.29. The van der Waals surface area contributed by atoms with E-state index in [1.807, 2.05) is 42.5 Å². The van der Waals surface area contributed by atoms with Gasteiger partial charge in [0, 0.05) is 0 Å². The Morgan fingerprint density at radius 2 is 1.50 bits per heavy atom. The molecule has 0 radical (unpaired) electrons. The molecule has 4 rings (SSSR count). The molecule has 4 aromatic carbocycles. The third kappa shape index (κ3) is 7.37. The van der Waals surface area contributed by atoms with Crippen LogP contribution in [0.15, 0.2) is 91.0 Å². The van der Waals surface area contributed by atoms with Gasteiger partial charge >= 0.3 is 53.5 Å². The van der Waals surface area contributed by atoms with Gasteiger partial charge in [-0.25, -0.2) is 12.1 Å². The van der Waals surface area contributed by atoms with Crippen molar-refractivity contribution in [3.63, 3.8) is 0 Å². The number of fused-ring (bicyclic) bond motifs is 1. The predicted molar refractivity (Wildman–Crippen MR) is 123 cm³/mol. The Kier molecular flexibility index (Phi) is 10.3. The van der Waals surface area contributed by atoms with Gasteiger partial charge in [-0.1, -0.05) is 23.8 Å². The Bertz CT molecular complexity index is 954. The summed E-state index contributed by atoms with van der Waals surface area (Å²) in [5.41, 5.74) is 2.27. The van der Waals surface area contributed by atoms with E-state index in [1.165, 1.54) is 21.9 Å². The van der Waals surface area contributed by atoms with E-state index in [1.54, 1.807) is 7.11 Å². The first kappa shape index (κ1) is 23.2. The van der Waals surface area contributed by atoms with E-state index in [-0.39, 0.29) is 5.43 Å². The summed E-state index contributed by atoms with van der Waals surface area (Å²) in [7, 11) is 12.9. The van der Waals surface area contributed by atoms with Gasteiger partial charge in [0.25, 0.3) is 0 Å². The van der Waals surface area contributed by atoms with E-state index in [2.05, 4.69) is 61.6 Å². The molecule has 146 valence electrons. The molecule has 0 atom stereocenters. The first-order valence-corrected chi connectivity index (χ1v) is 21.5. The minimum Gasteiger partial charge on any atom is -0.214 e. The molecule has 4 aromatic rings. The summed E-state index contributed by atoms with van der Waals surface area (Å²) in [6.07, 6.45) is 0. The number of halogens is 2. The Morgan fingerprint density at radius 1 is 0.857 bits per heavy atom. The van der Waals surface area contributed by atoms with Gasteiger partial charge in [-0.15, -0.1) is 29.0 Å². The van der Waals surface area contributed by atoms with Crippen LogP contribution in [-0.4, -0.2) is 12.5 Å². The molecule has 28 heavy (non-hydrogen) atoms. The van der Waals surface area contributed by atoms with Crippen LogP contribution >= 0.6 is 17.0 Å². The number of hydrogen-bond donors (Lipinski definition) is 0. The third-order valence-electron chi connectivity index (χ3n) is 4.01. The molecule has 0 aromatic heterocycles. The second-order valence-corrected chi connectivity index (χ2v) is 29.3. The molecule has 5 heteroatoms. The SMILES string of the molecule is COc1ccc(-c2cccc3[cH-]ccc23)cc1.C[Si](C)=[Zr]([Cl])[Cl].c1cc[cH-]c1. The van der Waals surface area contributed by atoms with Gasteiger partial charge in [0.2, 0.25) is 0 Å². The van der Waals surface area contributed by atoms with Crippen molar-refractivity contribution in [1.29, 1.82) is 0 Å². The quantitative estimate of drug-likeness (QED) is 0.199. The fraction of sp³-hybridized carbons (Fsp3) is 0.130. The monoisotopic (exact) mass is 504 g/mol.